The summed E-state index contributed by atoms with van der Waals surface area (Å²) in [6.45, 7) is 2.61. The number of amides is 3. The van der Waals surface area contributed by atoms with Crippen molar-refractivity contribution in [2.45, 2.75) is 19.4 Å². The first-order valence-corrected chi connectivity index (χ1v) is 8.49. The number of hydrogen-bond donors (Lipinski definition) is 3. The number of benzene rings is 2. The largest absolute Gasteiger partial charge is 0.493 e. The van der Waals surface area contributed by atoms with Crippen LogP contribution >= 0.6 is 0 Å². The second-order valence-corrected chi connectivity index (χ2v) is 5.75. The number of carbonyl (C=O) groups is 2. The van der Waals surface area contributed by atoms with E-state index in [0.717, 1.165) is 11.3 Å². The van der Waals surface area contributed by atoms with Crippen molar-refractivity contribution in [2.24, 2.45) is 0 Å². The third-order valence-corrected chi connectivity index (χ3v) is 3.93. The summed E-state index contributed by atoms with van der Waals surface area (Å²) in [6.07, 6.45) is 0.205. The molecule has 0 fully saturated rings. The van der Waals surface area contributed by atoms with E-state index in [1.807, 2.05) is 24.3 Å². The van der Waals surface area contributed by atoms with Crippen molar-refractivity contribution in [3.63, 3.8) is 0 Å². The van der Waals surface area contributed by atoms with Gasteiger partial charge >= 0.3 is 12.1 Å². The first-order valence-electron chi connectivity index (χ1n) is 8.49. The van der Waals surface area contributed by atoms with Gasteiger partial charge in [0.05, 0.1) is 19.3 Å². The summed E-state index contributed by atoms with van der Waals surface area (Å²) in [7, 11) is 0. The Labute approximate surface area is 151 Å². The Morgan fingerprint density at radius 1 is 1.08 bits per heavy atom. The highest BCUT2D eigenvalue weighted by Gasteiger charge is 2.22. The Hall–Kier alpha value is -3.22. The van der Waals surface area contributed by atoms with Gasteiger partial charge in [0.15, 0.2) is 0 Å². The van der Waals surface area contributed by atoms with E-state index in [0.29, 0.717) is 31.0 Å². The van der Waals surface area contributed by atoms with Crippen LogP contribution in [0.25, 0.3) is 0 Å². The number of para-hydroxylation sites is 1. The van der Waals surface area contributed by atoms with Crippen molar-refractivity contribution in [1.29, 1.82) is 0 Å². The third kappa shape index (κ3) is 4.44. The van der Waals surface area contributed by atoms with E-state index in [4.69, 9.17) is 9.47 Å². The zero-order valence-corrected chi connectivity index (χ0v) is 14.5. The average molecular weight is 355 g/mol. The molecule has 7 heteroatoms. The average Bonchev–Trinajstić information content (AvgIpc) is 2.64. The number of anilines is 2. The van der Waals surface area contributed by atoms with Gasteiger partial charge < -0.3 is 20.1 Å². The lowest BCUT2D eigenvalue weighted by Crippen LogP contribution is -2.35. The van der Waals surface area contributed by atoms with E-state index in [-0.39, 0.29) is 12.1 Å². The topological polar surface area (TPSA) is 88.7 Å². The maximum Gasteiger partial charge on any atom is 0.411 e. The maximum absolute atomic E-state index is 12.3. The summed E-state index contributed by atoms with van der Waals surface area (Å²) in [5.41, 5.74) is 2.19. The molecule has 0 spiro atoms. The fourth-order valence-corrected chi connectivity index (χ4v) is 2.74. The Balaban J connectivity index is 1.56. The predicted molar refractivity (Wildman–Crippen MR) is 98.5 cm³/mol. The number of nitrogens with one attached hydrogen (secondary N) is 3. The van der Waals surface area contributed by atoms with Crippen LogP contribution in [0.4, 0.5) is 21.0 Å². The van der Waals surface area contributed by atoms with E-state index in [1.54, 1.807) is 31.2 Å². The van der Waals surface area contributed by atoms with Crippen molar-refractivity contribution in [1.82, 2.24) is 5.32 Å². The fourth-order valence-electron chi connectivity index (χ4n) is 2.74. The van der Waals surface area contributed by atoms with Gasteiger partial charge in [0.1, 0.15) is 5.75 Å². The van der Waals surface area contributed by atoms with Crippen LogP contribution in [-0.4, -0.2) is 25.3 Å². The molecule has 136 valence electrons. The Morgan fingerprint density at radius 3 is 2.50 bits per heavy atom. The molecule has 2 aromatic carbocycles. The highest BCUT2D eigenvalue weighted by molar-refractivity contribution is 5.90. The van der Waals surface area contributed by atoms with Gasteiger partial charge in [-0.15, -0.1) is 0 Å². The minimum atomic E-state index is -0.510. The van der Waals surface area contributed by atoms with Gasteiger partial charge in [0.25, 0.3) is 0 Å². The molecule has 0 bridgehead atoms. The number of urea groups is 1. The molecule has 2 aromatic rings. The van der Waals surface area contributed by atoms with Crippen molar-refractivity contribution in [3.05, 3.63) is 54.1 Å². The summed E-state index contributed by atoms with van der Waals surface area (Å²) in [4.78, 5) is 23.7. The molecule has 1 atom stereocenters. The number of ether oxygens (including phenoxy) is 2. The molecular formula is C19H21N3O4. The summed E-state index contributed by atoms with van der Waals surface area (Å²) in [5, 5.41) is 8.35. The molecule has 0 saturated heterocycles. The summed E-state index contributed by atoms with van der Waals surface area (Å²) in [6, 6.07) is 14.1. The second kappa shape index (κ2) is 8.24. The normalized spacial score (nSPS) is 15.2. The minimum Gasteiger partial charge on any atom is -0.493 e. The zero-order valence-electron chi connectivity index (χ0n) is 14.5. The Morgan fingerprint density at radius 2 is 1.77 bits per heavy atom. The van der Waals surface area contributed by atoms with Gasteiger partial charge in [-0.2, -0.15) is 0 Å². The van der Waals surface area contributed by atoms with Gasteiger partial charge in [0.2, 0.25) is 0 Å². The highest BCUT2D eigenvalue weighted by atomic mass is 16.5. The number of rotatable bonds is 4. The molecule has 1 heterocycles. The predicted octanol–water partition coefficient (Wildman–Crippen LogP) is 3.90. The first kappa shape index (κ1) is 17.6. The van der Waals surface area contributed by atoms with Crippen molar-refractivity contribution < 1.29 is 19.1 Å². The van der Waals surface area contributed by atoms with E-state index < -0.39 is 6.09 Å². The number of hydrogen-bond acceptors (Lipinski definition) is 4. The van der Waals surface area contributed by atoms with E-state index >= 15 is 0 Å². The Kier molecular flexibility index (Phi) is 5.58. The standard InChI is InChI=1S/C19H21N3O4/c1-2-25-19(24)21-14-9-7-13(8-10-14)20-18(23)22-16-11-12-26-17-6-4-3-5-15(16)17/h3-10,16H,2,11-12H2,1H3,(H,21,24)(H2,20,22,23)/t16-/m1/s1. The lowest BCUT2D eigenvalue weighted by Gasteiger charge is -2.26. The van der Waals surface area contributed by atoms with Crippen molar-refractivity contribution in [3.8, 4) is 5.75 Å². The van der Waals surface area contributed by atoms with Crippen LogP contribution in [0.3, 0.4) is 0 Å². The van der Waals surface area contributed by atoms with Crippen molar-refractivity contribution in [2.75, 3.05) is 23.8 Å². The second-order valence-electron chi connectivity index (χ2n) is 5.75. The molecule has 1 aliphatic heterocycles. The molecule has 26 heavy (non-hydrogen) atoms. The molecular weight excluding hydrogens is 334 g/mol. The number of carbonyl (C=O) groups excluding carboxylic acids is 2. The summed E-state index contributed by atoms with van der Waals surface area (Å²) >= 11 is 0. The van der Waals surface area contributed by atoms with Gasteiger partial charge in [-0.3, -0.25) is 5.32 Å². The fraction of sp³-hybridized carbons (Fsp3) is 0.263. The van der Waals surface area contributed by atoms with Gasteiger partial charge in [-0.1, -0.05) is 18.2 Å². The molecule has 0 saturated carbocycles. The zero-order chi connectivity index (χ0) is 18.4. The highest BCUT2D eigenvalue weighted by Crippen LogP contribution is 2.31. The Bertz CT molecular complexity index is 777. The molecule has 3 rings (SSSR count). The minimum absolute atomic E-state index is 0.0929. The van der Waals surface area contributed by atoms with Gasteiger partial charge in [-0.05, 0) is 37.3 Å². The maximum atomic E-state index is 12.3. The van der Waals surface area contributed by atoms with Gasteiger partial charge in [-0.25, -0.2) is 9.59 Å². The van der Waals surface area contributed by atoms with E-state index in [9.17, 15) is 9.59 Å². The summed E-state index contributed by atoms with van der Waals surface area (Å²) in [5.74, 6) is 0.804. The monoisotopic (exact) mass is 355 g/mol. The van der Waals surface area contributed by atoms with Gasteiger partial charge in [0, 0.05) is 23.4 Å². The van der Waals surface area contributed by atoms with Crippen molar-refractivity contribution >= 4 is 23.5 Å². The molecule has 3 amide bonds. The smallest absolute Gasteiger partial charge is 0.411 e. The molecule has 0 aliphatic carbocycles. The quantitative estimate of drug-likeness (QED) is 0.776. The third-order valence-electron chi connectivity index (χ3n) is 3.93. The molecule has 0 unspecified atom stereocenters. The lowest BCUT2D eigenvalue weighted by atomic mass is 10.0. The molecule has 0 aromatic heterocycles. The van der Waals surface area contributed by atoms with E-state index in [1.165, 1.54) is 0 Å². The SMILES string of the molecule is CCOC(=O)Nc1ccc(NC(=O)N[C@@H]2CCOc3ccccc32)cc1. The first-order chi connectivity index (χ1) is 12.7. The van der Waals surface area contributed by atoms with Crippen LogP contribution < -0.4 is 20.7 Å². The lowest BCUT2D eigenvalue weighted by molar-refractivity contribution is 0.168. The van der Waals surface area contributed by atoms with Crippen LogP contribution in [-0.2, 0) is 4.74 Å². The van der Waals surface area contributed by atoms with Crippen LogP contribution in [0.5, 0.6) is 5.75 Å². The molecule has 1 aliphatic rings. The van der Waals surface area contributed by atoms with Crippen LogP contribution in [0, 0.1) is 0 Å². The molecule has 3 N–H and O–H groups in total. The van der Waals surface area contributed by atoms with Crippen LogP contribution in [0.2, 0.25) is 0 Å². The molecule has 7 nitrogen and oxygen atoms in total. The molecule has 0 radical (unpaired) electrons. The van der Waals surface area contributed by atoms with Crippen LogP contribution in [0.15, 0.2) is 48.5 Å². The van der Waals surface area contributed by atoms with Crippen LogP contribution in [0.1, 0.15) is 24.9 Å². The number of fused-ring (bicyclic) bond motifs is 1. The van der Waals surface area contributed by atoms with E-state index in [2.05, 4.69) is 16.0 Å². The summed E-state index contributed by atoms with van der Waals surface area (Å²) < 4.78 is 10.4.